The number of methoxy groups -OCH3 is 1. The second-order valence-corrected chi connectivity index (χ2v) is 5.06. The second kappa shape index (κ2) is 12.9. The van der Waals surface area contributed by atoms with Crippen molar-refractivity contribution in [1.82, 2.24) is 5.32 Å². The van der Waals surface area contributed by atoms with E-state index in [-0.39, 0.29) is 30.0 Å². The number of hydrogen-bond acceptors (Lipinski definition) is 2. The number of aliphatic imine (C=N–C) groups is 1. The smallest absolute Gasteiger partial charge is 0.188 e. The Hall–Kier alpha value is -0.820. The predicted molar refractivity (Wildman–Crippen MR) is 100 cm³/mol. The predicted octanol–water partition coefficient (Wildman–Crippen LogP) is 2.96. The lowest BCUT2D eigenvalue weighted by atomic mass is 10.1. The average Bonchev–Trinajstić information content (AvgIpc) is 2.44. The van der Waals surface area contributed by atoms with Crippen LogP contribution in [0.25, 0.3) is 0 Å². The molecule has 1 atom stereocenters. The zero-order chi connectivity index (χ0) is 14.6. The molecule has 1 aromatic carbocycles. The fraction of sp³-hybridized carbons (Fsp3) is 0.562. The van der Waals surface area contributed by atoms with E-state index >= 15 is 0 Å². The molecule has 120 valence electrons. The van der Waals surface area contributed by atoms with Gasteiger partial charge in [-0.25, -0.2) is 0 Å². The summed E-state index contributed by atoms with van der Waals surface area (Å²) in [7, 11) is 1.68. The van der Waals surface area contributed by atoms with Gasteiger partial charge in [0.1, 0.15) is 0 Å². The molecule has 0 radical (unpaired) electrons. The highest BCUT2D eigenvalue weighted by Gasteiger charge is 2.00. The number of benzene rings is 1. The Bertz CT molecular complexity index is 384. The number of nitrogens with zero attached hydrogens (tertiary/aromatic N) is 1. The van der Waals surface area contributed by atoms with E-state index in [2.05, 4.69) is 40.6 Å². The molecule has 0 fully saturated rings. The summed E-state index contributed by atoms with van der Waals surface area (Å²) in [6.45, 7) is 3.44. The van der Waals surface area contributed by atoms with Crippen LogP contribution in [0.2, 0.25) is 0 Å². The summed E-state index contributed by atoms with van der Waals surface area (Å²) in [6.07, 6.45) is 4.60. The molecule has 0 aliphatic carbocycles. The molecule has 1 unspecified atom stereocenters. The van der Waals surface area contributed by atoms with Crippen molar-refractivity contribution in [3.8, 4) is 0 Å². The molecule has 0 amide bonds. The molecule has 21 heavy (non-hydrogen) atoms. The SMILES string of the molecule is COCC(C)NC(N)=NCCCCCc1ccccc1.I. The Balaban J connectivity index is 0.00000400. The van der Waals surface area contributed by atoms with Crippen molar-refractivity contribution in [2.24, 2.45) is 10.7 Å². The van der Waals surface area contributed by atoms with Gasteiger partial charge in [-0.15, -0.1) is 24.0 Å². The van der Waals surface area contributed by atoms with Gasteiger partial charge in [0.05, 0.1) is 6.61 Å². The monoisotopic (exact) mass is 405 g/mol. The number of hydrogen-bond donors (Lipinski definition) is 2. The van der Waals surface area contributed by atoms with Gasteiger partial charge in [0.2, 0.25) is 0 Å². The minimum absolute atomic E-state index is 0. The van der Waals surface area contributed by atoms with E-state index in [9.17, 15) is 0 Å². The average molecular weight is 405 g/mol. The number of halogens is 1. The van der Waals surface area contributed by atoms with E-state index in [1.807, 2.05) is 6.92 Å². The first-order valence-electron chi connectivity index (χ1n) is 7.31. The summed E-state index contributed by atoms with van der Waals surface area (Å²) in [5.74, 6) is 0.512. The van der Waals surface area contributed by atoms with E-state index in [0.717, 1.165) is 19.4 Å². The first kappa shape index (κ1) is 20.2. The van der Waals surface area contributed by atoms with Crippen molar-refractivity contribution in [2.75, 3.05) is 20.3 Å². The van der Waals surface area contributed by atoms with E-state index < -0.39 is 0 Å². The number of rotatable bonds is 9. The van der Waals surface area contributed by atoms with Gasteiger partial charge in [0, 0.05) is 19.7 Å². The van der Waals surface area contributed by atoms with Crippen LogP contribution in [0.5, 0.6) is 0 Å². The molecule has 1 aromatic rings. The van der Waals surface area contributed by atoms with Gasteiger partial charge < -0.3 is 15.8 Å². The Kier molecular flexibility index (Phi) is 12.4. The molecular weight excluding hydrogens is 377 g/mol. The standard InChI is InChI=1S/C16H27N3O.HI/c1-14(13-20-2)19-16(17)18-12-8-4-7-11-15-9-5-3-6-10-15;/h3,5-6,9-10,14H,4,7-8,11-13H2,1-2H3,(H3,17,18,19);1H. The molecule has 0 aliphatic rings. The Labute approximate surface area is 145 Å². The van der Waals surface area contributed by atoms with Crippen molar-refractivity contribution in [3.63, 3.8) is 0 Å². The van der Waals surface area contributed by atoms with Gasteiger partial charge in [-0.2, -0.15) is 0 Å². The summed E-state index contributed by atoms with van der Waals surface area (Å²) in [5, 5.41) is 3.10. The molecular formula is C16H28IN3O. The van der Waals surface area contributed by atoms with E-state index in [1.54, 1.807) is 7.11 Å². The fourth-order valence-electron chi connectivity index (χ4n) is 2.05. The number of aryl methyl sites for hydroxylation is 1. The quantitative estimate of drug-likeness (QED) is 0.288. The lowest BCUT2D eigenvalue weighted by Crippen LogP contribution is -2.40. The van der Waals surface area contributed by atoms with E-state index in [4.69, 9.17) is 10.5 Å². The molecule has 4 nitrogen and oxygen atoms in total. The Morgan fingerprint density at radius 1 is 1.24 bits per heavy atom. The molecule has 0 bridgehead atoms. The van der Waals surface area contributed by atoms with E-state index in [0.29, 0.717) is 12.6 Å². The molecule has 0 spiro atoms. The van der Waals surface area contributed by atoms with Crippen LogP contribution in [-0.2, 0) is 11.2 Å². The number of ether oxygens (including phenoxy) is 1. The summed E-state index contributed by atoms with van der Waals surface area (Å²) in [5.41, 5.74) is 7.20. The van der Waals surface area contributed by atoms with Crippen LogP contribution in [0.3, 0.4) is 0 Å². The zero-order valence-electron chi connectivity index (χ0n) is 13.0. The maximum Gasteiger partial charge on any atom is 0.188 e. The van der Waals surface area contributed by atoms with Crippen LogP contribution in [-0.4, -0.2) is 32.3 Å². The maximum absolute atomic E-state index is 5.79. The van der Waals surface area contributed by atoms with Crippen LogP contribution in [0.4, 0.5) is 0 Å². The zero-order valence-corrected chi connectivity index (χ0v) is 15.4. The number of nitrogens with one attached hydrogen (secondary N) is 1. The molecule has 0 saturated heterocycles. The third-order valence-corrected chi connectivity index (χ3v) is 3.06. The summed E-state index contributed by atoms with van der Waals surface area (Å²) in [6, 6.07) is 10.8. The van der Waals surface area contributed by atoms with Crippen LogP contribution in [0, 0.1) is 0 Å². The number of nitrogens with two attached hydrogens (primary N) is 1. The minimum Gasteiger partial charge on any atom is -0.383 e. The third kappa shape index (κ3) is 10.5. The summed E-state index contributed by atoms with van der Waals surface area (Å²) < 4.78 is 5.03. The van der Waals surface area contributed by atoms with Crippen molar-refractivity contribution < 1.29 is 4.74 Å². The highest BCUT2D eigenvalue weighted by Crippen LogP contribution is 2.06. The van der Waals surface area contributed by atoms with Crippen molar-refractivity contribution in [2.45, 2.75) is 38.6 Å². The van der Waals surface area contributed by atoms with Crippen molar-refractivity contribution in [1.29, 1.82) is 0 Å². The normalized spacial score (nSPS) is 12.6. The second-order valence-electron chi connectivity index (χ2n) is 5.06. The van der Waals surface area contributed by atoms with Gasteiger partial charge in [0.25, 0.3) is 0 Å². The Morgan fingerprint density at radius 3 is 2.62 bits per heavy atom. The summed E-state index contributed by atoms with van der Waals surface area (Å²) in [4.78, 5) is 4.32. The Morgan fingerprint density at radius 2 is 1.95 bits per heavy atom. The molecule has 0 aromatic heterocycles. The van der Waals surface area contributed by atoms with Gasteiger partial charge in [-0.1, -0.05) is 36.8 Å². The largest absolute Gasteiger partial charge is 0.383 e. The molecule has 0 heterocycles. The van der Waals surface area contributed by atoms with Crippen LogP contribution in [0.15, 0.2) is 35.3 Å². The van der Waals surface area contributed by atoms with Crippen LogP contribution in [0.1, 0.15) is 31.7 Å². The minimum atomic E-state index is 0. The maximum atomic E-state index is 5.79. The van der Waals surface area contributed by atoms with Crippen LogP contribution < -0.4 is 11.1 Å². The van der Waals surface area contributed by atoms with Crippen molar-refractivity contribution in [3.05, 3.63) is 35.9 Å². The number of guanidine groups is 1. The highest BCUT2D eigenvalue weighted by atomic mass is 127. The first-order chi connectivity index (χ1) is 9.72. The van der Waals surface area contributed by atoms with Gasteiger partial charge >= 0.3 is 0 Å². The lowest BCUT2D eigenvalue weighted by molar-refractivity contribution is 0.179. The molecule has 1 rings (SSSR count). The fourth-order valence-corrected chi connectivity index (χ4v) is 2.05. The molecule has 0 aliphatic heterocycles. The summed E-state index contributed by atoms with van der Waals surface area (Å²) >= 11 is 0. The molecule has 3 N–H and O–H groups in total. The first-order valence-corrected chi connectivity index (χ1v) is 7.31. The van der Waals surface area contributed by atoms with Gasteiger partial charge in [-0.3, -0.25) is 4.99 Å². The van der Waals surface area contributed by atoms with Crippen LogP contribution >= 0.6 is 24.0 Å². The number of unbranched alkanes of at least 4 members (excludes halogenated alkanes) is 2. The highest BCUT2D eigenvalue weighted by molar-refractivity contribution is 14.0. The third-order valence-electron chi connectivity index (χ3n) is 3.06. The van der Waals surface area contributed by atoms with Crippen molar-refractivity contribution >= 4 is 29.9 Å². The lowest BCUT2D eigenvalue weighted by Gasteiger charge is -2.12. The van der Waals surface area contributed by atoms with E-state index in [1.165, 1.54) is 18.4 Å². The molecule has 0 saturated carbocycles. The van der Waals surface area contributed by atoms with Gasteiger partial charge in [0.15, 0.2) is 5.96 Å². The molecule has 5 heteroatoms. The topological polar surface area (TPSA) is 59.6 Å². The van der Waals surface area contributed by atoms with Gasteiger partial charge in [-0.05, 0) is 31.7 Å².